The van der Waals surface area contributed by atoms with Crippen LogP contribution < -0.4 is 37.9 Å². The molecule has 113 heavy (non-hydrogen) atoms. The lowest BCUT2D eigenvalue weighted by Crippen LogP contribution is -2.32. The van der Waals surface area contributed by atoms with Crippen molar-refractivity contribution < 1.29 is 52.2 Å². The van der Waals surface area contributed by atoms with E-state index in [-0.39, 0.29) is 44.9 Å². The second kappa shape index (κ2) is 33.3. The van der Waals surface area contributed by atoms with E-state index in [1.165, 1.54) is 29.2 Å². The van der Waals surface area contributed by atoms with Crippen molar-refractivity contribution in [1.29, 1.82) is 0 Å². The smallest absolute Gasteiger partial charge is 0.317 e. The molecular weight excluding hydrogens is 1400 g/mol. The lowest BCUT2D eigenvalue weighted by Gasteiger charge is -2.33. The molecule has 0 saturated heterocycles. The molecule has 0 aliphatic heterocycles. The summed E-state index contributed by atoms with van der Waals surface area (Å²) in [5.74, 6) is 2.46. The van der Waals surface area contributed by atoms with Crippen molar-refractivity contribution in [2.45, 2.75) is 274 Å². The monoisotopic (exact) mass is 1540 g/mol. The zero-order valence-corrected chi connectivity index (χ0v) is 75.5. The predicted molar refractivity (Wildman–Crippen MR) is 466 cm³/mol. The molecule has 8 aromatic rings. The molecule has 0 N–H and O–H groups in total. The second-order valence-corrected chi connectivity index (χ2v) is 40.0. The molecule has 610 valence electrons. The normalized spacial score (nSPS) is 14.1. The van der Waals surface area contributed by atoms with E-state index in [0.29, 0.717) is 67.6 Å². The van der Waals surface area contributed by atoms with Gasteiger partial charge in [0, 0.05) is 62.0 Å². The van der Waals surface area contributed by atoms with Crippen LogP contribution in [0.5, 0.6) is 46.0 Å². The van der Waals surface area contributed by atoms with E-state index in [9.17, 15) is 0 Å². The first-order valence-corrected chi connectivity index (χ1v) is 40.7. The summed E-state index contributed by atoms with van der Waals surface area (Å²) >= 11 is 0. The number of ether oxygens (including phenoxy) is 9. The molecule has 1 aliphatic carbocycles. The third kappa shape index (κ3) is 19.3. The average molecular weight is 1540 g/mol. The number of esters is 1. The molecule has 0 spiro atoms. The van der Waals surface area contributed by atoms with Crippen LogP contribution in [-0.2, 0) is 103 Å². The van der Waals surface area contributed by atoms with Crippen LogP contribution in [-0.4, -0.2) is 75.2 Å². The van der Waals surface area contributed by atoms with Gasteiger partial charge in [0.1, 0.15) is 57.7 Å². The third-order valence-electron chi connectivity index (χ3n) is 23.1. The molecule has 16 bridgehead atoms. The first kappa shape index (κ1) is 88.3. The minimum atomic E-state index is -1.34. The number of hydrogen-bond donors (Lipinski definition) is 0. The molecule has 1 atom stereocenters. The highest BCUT2D eigenvalue weighted by Gasteiger charge is 2.43. The maximum atomic E-state index is 15.3. The van der Waals surface area contributed by atoms with Gasteiger partial charge in [-0.3, -0.25) is 9.59 Å². The zero-order valence-electron chi connectivity index (χ0n) is 75.5. The molecule has 0 amide bonds. The Hall–Kier alpha value is -8.70. The van der Waals surface area contributed by atoms with Crippen molar-refractivity contribution >= 4 is 11.8 Å². The molecule has 11 heteroatoms. The molecule has 11 nitrogen and oxygen atoms in total. The molecule has 0 fully saturated rings. The van der Waals surface area contributed by atoms with Gasteiger partial charge in [0.25, 0.3) is 0 Å². The van der Waals surface area contributed by atoms with Crippen LogP contribution in [0, 0.1) is 5.92 Å². The molecular formula is C102H136O11. The Bertz CT molecular complexity index is 4560. The lowest BCUT2D eigenvalue weighted by atomic mass is 9.72. The summed E-state index contributed by atoms with van der Waals surface area (Å²) in [6.07, 6.45) is 3.19. The van der Waals surface area contributed by atoms with E-state index in [1.807, 2.05) is 14.2 Å². The zero-order chi connectivity index (χ0) is 84.1. The summed E-state index contributed by atoms with van der Waals surface area (Å²) in [4.78, 5) is 30.5. The van der Waals surface area contributed by atoms with E-state index in [0.717, 1.165) is 135 Å². The van der Waals surface area contributed by atoms with Gasteiger partial charge in [0.15, 0.2) is 0 Å². The first-order valence-electron chi connectivity index (χ1n) is 40.7. The molecule has 0 saturated carbocycles. The summed E-state index contributed by atoms with van der Waals surface area (Å²) in [5.41, 5.74) is 21.6. The molecule has 1 unspecified atom stereocenters. The van der Waals surface area contributed by atoms with Crippen LogP contribution in [0.3, 0.4) is 0 Å². The number of carbonyl (C=O) groups is 2. The number of carbonyl (C=O) groups excluding carboxylic acids is 2. The Balaban J connectivity index is 1.49. The summed E-state index contributed by atoms with van der Waals surface area (Å²) in [6, 6.07) is 36.7. The first-order chi connectivity index (χ1) is 52.4. The number of benzene rings is 8. The molecule has 0 heterocycles. The highest BCUT2D eigenvalue weighted by atomic mass is 16.5. The van der Waals surface area contributed by atoms with Crippen LogP contribution in [0.1, 0.15) is 319 Å². The Morgan fingerprint density at radius 2 is 0.407 bits per heavy atom. The van der Waals surface area contributed by atoms with Crippen molar-refractivity contribution in [3.8, 4) is 46.0 Å². The van der Waals surface area contributed by atoms with E-state index < -0.39 is 28.6 Å². The third-order valence-corrected chi connectivity index (χ3v) is 23.1. The highest BCUT2D eigenvalue weighted by Crippen LogP contribution is 2.52. The van der Waals surface area contributed by atoms with Gasteiger partial charge in [0.05, 0.1) is 63.5 Å². The van der Waals surface area contributed by atoms with Gasteiger partial charge >= 0.3 is 5.97 Å². The number of rotatable bonds is 12. The van der Waals surface area contributed by atoms with E-state index in [2.05, 4.69) is 263 Å². The van der Waals surface area contributed by atoms with Crippen molar-refractivity contribution in [1.82, 2.24) is 0 Å². The highest BCUT2D eigenvalue weighted by molar-refractivity contribution is 6.00. The number of fused-ring (bicyclic) bond motifs is 16. The maximum Gasteiger partial charge on any atom is 0.317 e. The molecule has 0 radical (unpaired) electrons. The molecule has 1 aliphatic rings. The van der Waals surface area contributed by atoms with Gasteiger partial charge < -0.3 is 42.6 Å². The fourth-order valence-electron chi connectivity index (χ4n) is 16.5. The maximum absolute atomic E-state index is 15.3. The average Bonchev–Trinajstić information content (AvgIpc) is 0.751. The minimum Gasteiger partial charge on any atom is -0.496 e. The van der Waals surface area contributed by atoms with Crippen molar-refractivity contribution in [2.24, 2.45) is 5.92 Å². The largest absolute Gasteiger partial charge is 0.496 e. The number of methoxy groups -OCH3 is 8. The number of hydrogen-bond acceptors (Lipinski definition) is 11. The summed E-state index contributed by atoms with van der Waals surface area (Å²) in [5, 5.41) is 0. The Morgan fingerprint density at radius 3 is 0.531 bits per heavy atom. The summed E-state index contributed by atoms with van der Waals surface area (Å²) in [6.45, 7) is 57.5. The van der Waals surface area contributed by atoms with E-state index in [1.54, 1.807) is 49.6 Å². The topological polar surface area (TPSA) is 117 Å². The summed E-state index contributed by atoms with van der Waals surface area (Å²) in [7, 11) is 14.1. The van der Waals surface area contributed by atoms with E-state index >= 15 is 9.59 Å². The predicted octanol–water partition coefficient (Wildman–Crippen LogP) is 23.5. The van der Waals surface area contributed by atoms with Gasteiger partial charge in [0.2, 0.25) is 0 Å². The molecule has 0 aromatic heterocycles. The Morgan fingerprint density at radius 1 is 0.265 bits per heavy atom. The minimum absolute atomic E-state index is 0.0613. The van der Waals surface area contributed by atoms with Gasteiger partial charge in [-0.1, -0.05) is 263 Å². The second-order valence-electron chi connectivity index (χ2n) is 40.0. The van der Waals surface area contributed by atoms with Gasteiger partial charge in [-0.15, -0.1) is 0 Å². The van der Waals surface area contributed by atoms with Crippen LogP contribution >= 0.6 is 0 Å². The summed E-state index contributed by atoms with van der Waals surface area (Å²) < 4.78 is 60.7. The van der Waals surface area contributed by atoms with Gasteiger partial charge in [-0.05, 0) is 180 Å². The standard InChI is InChI=1S/C102H136O11/c1-35-113-94(104)84(59(2)103)85-82-57-80(101(21,22)23)55-72(92(82)111-33)41-70-53-78(99(15,16)17)51-68(90(70)109-31)39-66-49-76(97(9,10)11)47-64(88(66)107-29)37-62-45-74(95(3,4)5)43-60(86(62)105-27)36-61-44-75(96(6,7)8)46-63(87(61)106-28)38-65-48-77(98(12,13)14)50-67(89(65)108-30)40-69-52-79(100(18,19)20)54-71(91(69)110-32)42-73-56-81(102(24,25)26)58-83(85)93(73)112-34/h43-58,84-85H,35-42H2,1-34H3. The van der Waals surface area contributed by atoms with Gasteiger partial charge in [-0.2, -0.15) is 0 Å². The van der Waals surface area contributed by atoms with Crippen LogP contribution in [0.15, 0.2) is 97.1 Å². The van der Waals surface area contributed by atoms with Crippen molar-refractivity contribution in [2.75, 3.05) is 63.5 Å². The van der Waals surface area contributed by atoms with Crippen LogP contribution in [0.25, 0.3) is 0 Å². The Labute approximate surface area is 680 Å². The number of ketones is 1. The lowest BCUT2D eigenvalue weighted by molar-refractivity contribution is -0.151. The Kier molecular flexibility index (Phi) is 26.0. The SMILES string of the molecule is CCOC(=O)C(C(C)=O)C1c2cc(C(C)(C)C)cc(c2OC)Cc2cc(C(C)(C)C)cc(c2OC)Cc2cc(C(C)(C)C)cc(c2OC)Cc2cc(C(C)(C)C)cc(c2OC)Cc2cc(C(C)(C)C)cc(c2OC)Cc2cc(C(C)(C)C)cc(c2OC)Cc2cc(C(C)(C)C)cc(c2OC)Cc2cc(C(C)(C)C)cc1c2OC. The van der Waals surface area contributed by atoms with Gasteiger partial charge in [-0.25, -0.2) is 0 Å². The fourth-order valence-corrected chi connectivity index (χ4v) is 16.5. The fraction of sp³-hybridized carbons (Fsp3) is 0.510. The molecule has 8 aromatic carbocycles. The quantitative estimate of drug-likeness (QED) is 0.0859. The van der Waals surface area contributed by atoms with Crippen LogP contribution in [0.4, 0.5) is 0 Å². The van der Waals surface area contributed by atoms with E-state index in [4.69, 9.17) is 42.6 Å². The van der Waals surface area contributed by atoms with Crippen LogP contribution in [0.2, 0.25) is 0 Å². The number of Topliss-reactive ketones (excluding diaryl/α,β-unsaturated/α-hetero) is 1. The van der Waals surface area contributed by atoms with Crippen molar-refractivity contribution in [3.63, 3.8) is 0 Å². The molecule has 9 rings (SSSR count). The van der Waals surface area contributed by atoms with Crippen molar-refractivity contribution in [3.05, 3.63) is 231 Å².